The van der Waals surface area contributed by atoms with Crippen molar-refractivity contribution in [2.45, 2.75) is 42.9 Å². The van der Waals surface area contributed by atoms with E-state index in [1.807, 2.05) is 0 Å². The number of morpholine rings is 1. The molecule has 6 rings (SSSR count). The summed E-state index contributed by atoms with van der Waals surface area (Å²) in [6.07, 6.45) is -3.05. The summed E-state index contributed by atoms with van der Waals surface area (Å²) in [5, 5.41) is 2.43. The first-order chi connectivity index (χ1) is 23.8. The molecule has 3 aliphatic rings. The maximum Gasteiger partial charge on any atom is 0.573 e. The Morgan fingerprint density at radius 1 is 1.02 bits per heavy atom. The van der Waals surface area contributed by atoms with Gasteiger partial charge in [0.2, 0.25) is 11.8 Å². The summed E-state index contributed by atoms with van der Waals surface area (Å²) in [7, 11) is 2.57. The van der Waals surface area contributed by atoms with Crippen molar-refractivity contribution in [2.24, 2.45) is 0 Å². The van der Waals surface area contributed by atoms with Gasteiger partial charge in [-0.25, -0.2) is 8.78 Å². The van der Waals surface area contributed by atoms with Gasteiger partial charge >= 0.3 is 6.36 Å². The largest absolute Gasteiger partial charge is 0.573 e. The second-order valence-corrected chi connectivity index (χ2v) is 12.0. The number of nitrogens with zero attached hydrogens (tertiary/aromatic N) is 3. The molecular weight excluding hydrogens is 675 g/mol. The molecule has 1 aromatic heterocycles. The van der Waals surface area contributed by atoms with Crippen LogP contribution >= 0.6 is 0 Å². The fourth-order valence-electron chi connectivity index (χ4n) is 6.67. The predicted octanol–water partition coefficient (Wildman–Crippen LogP) is 3.15. The Bertz CT molecular complexity index is 1830. The Kier molecular flexibility index (Phi) is 9.54. The van der Waals surface area contributed by atoms with Crippen LogP contribution in [0.4, 0.5) is 27.6 Å². The molecule has 3 aromatic rings. The quantitative estimate of drug-likeness (QED) is 0.319. The second kappa shape index (κ2) is 13.7. The number of halogens is 5. The first kappa shape index (κ1) is 34.8. The Hall–Kier alpha value is -5.03. The molecule has 3 aliphatic heterocycles. The Morgan fingerprint density at radius 3 is 2.30 bits per heavy atom. The highest BCUT2D eigenvalue weighted by Gasteiger charge is 2.47. The van der Waals surface area contributed by atoms with E-state index in [0.717, 1.165) is 45.9 Å². The number of aromatic nitrogens is 1. The molecule has 5 atom stereocenters. The number of likely N-dealkylation sites (tertiary alicyclic amines) is 1. The maximum atomic E-state index is 15.5. The number of fused-ring (bicyclic) bond motifs is 2. The van der Waals surface area contributed by atoms with Gasteiger partial charge in [0.25, 0.3) is 11.5 Å². The van der Waals surface area contributed by atoms with E-state index in [1.54, 1.807) is 4.90 Å². The lowest BCUT2D eigenvalue weighted by Gasteiger charge is -2.31. The summed E-state index contributed by atoms with van der Waals surface area (Å²) < 4.78 is 89.5. The van der Waals surface area contributed by atoms with Crippen LogP contribution in [0.15, 0.2) is 59.5 Å². The smallest absolute Gasteiger partial charge is 0.497 e. The van der Waals surface area contributed by atoms with Crippen LogP contribution in [0.1, 0.15) is 34.3 Å². The molecule has 50 heavy (non-hydrogen) atoms. The maximum absolute atomic E-state index is 15.5. The summed E-state index contributed by atoms with van der Waals surface area (Å²) in [5.41, 5.74) is -1.78. The number of hydrogen-bond acceptors (Lipinski definition) is 8. The fraction of sp³-hybridized carbons (Fsp3) is 0.394. The van der Waals surface area contributed by atoms with Crippen molar-refractivity contribution < 1.29 is 55.3 Å². The summed E-state index contributed by atoms with van der Waals surface area (Å²) in [4.78, 5) is 57.6. The van der Waals surface area contributed by atoms with Crippen LogP contribution in [0, 0.1) is 11.6 Å². The van der Waals surface area contributed by atoms with E-state index in [4.69, 9.17) is 14.2 Å². The van der Waals surface area contributed by atoms with Crippen LogP contribution in [0.2, 0.25) is 0 Å². The third-order valence-corrected chi connectivity index (χ3v) is 8.98. The highest BCUT2D eigenvalue weighted by Crippen LogP contribution is 2.36. The lowest BCUT2D eigenvalue weighted by atomic mass is 9.92. The van der Waals surface area contributed by atoms with E-state index in [0.29, 0.717) is 19.6 Å². The zero-order valence-electron chi connectivity index (χ0n) is 26.6. The number of pyridine rings is 1. The number of methoxy groups -OCH3 is 2. The van der Waals surface area contributed by atoms with E-state index < -0.39 is 71.2 Å². The third-order valence-electron chi connectivity index (χ3n) is 8.98. The SMILES string of the molecule is COCC(C(=O)N1C[C@@H]2C[C@H]1CO2)n1cccc(N2C[C@@H](c3c(F)cc(OC)cc3F)[C@H](NC(=O)c3ccc(OC(F)(F)F)cc3)C2=O)c1=O. The monoisotopic (exact) mass is 706 g/mol. The molecule has 1 unspecified atom stereocenters. The van der Waals surface area contributed by atoms with Gasteiger partial charge < -0.3 is 34.1 Å². The average molecular weight is 707 g/mol. The highest BCUT2D eigenvalue weighted by atomic mass is 19.4. The number of alkyl halides is 3. The Labute approximate surface area is 281 Å². The number of rotatable bonds is 10. The van der Waals surface area contributed by atoms with Crippen LogP contribution in [0.3, 0.4) is 0 Å². The van der Waals surface area contributed by atoms with Crippen LogP contribution in [0.25, 0.3) is 0 Å². The number of hydrogen-bond donors (Lipinski definition) is 1. The molecule has 4 heterocycles. The minimum Gasteiger partial charge on any atom is -0.497 e. The van der Waals surface area contributed by atoms with Crippen LogP contribution < -0.4 is 25.2 Å². The van der Waals surface area contributed by atoms with Gasteiger partial charge in [-0.05, 0) is 42.8 Å². The van der Waals surface area contributed by atoms with E-state index >= 15 is 8.78 Å². The van der Waals surface area contributed by atoms with Crippen LogP contribution in [-0.4, -0.2) is 92.3 Å². The zero-order chi connectivity index (χ0) is 35.9. The van der Waals surface area contributed by atoms with Gasteiger partial charge in [0.05, 0.1) is 32.5 Å². The van der Waals surface area contributed by atoms with Crippen molar-refractivity contribution in [3.05, 3.63) is 87.8 Å². The topological polar surface area (TPSA) is 129 Å². The number of nitrogens with one attached hydrogen (secondary N) is 1. The molecule has 0 spiro atoms. The summed E-state index contributed by atoms with van der Waals surface area (Å²) in [5.74, 6) is -6.57. The van der Waals surface area contributed by atoms with E-state index in [-0.39, 0.29) is 41.7 Å². The van der Waals surface area contributed by atoms with E-state index in [1.165, 1.54) is 32.5 Å². The molecule has 0 saturated carbocycles. The van der Waals surface area contributed by atoms with Crippen LogP contribution in [-0.2, 0) is 19.1 Å². The van der Waals surface area contributed by atoms with Gasteiger partial charge in [-0.2, -0.15) is 0 Å². The fourth-order valence-corrected chi connectivity index (χ4v) is 6.67. The molecule has 266 valence electrons. The molecule has 0 aliphatic carbocycles. The molecule has 3 saturated heterocycles. The molecule has 0 radical (unpaired) electrons. The van der Waals surface area contributed by atoms with Gasteiger partial charge in [0, 0.05) is 55.6 Å². The first-order valence-corrected chi connectivity index (χ1v) is 15.4. The van der Waals surface area contributed by atoms with Gasteiger partial charge in [-0.15, -0.1) is 13.2 Å². The number of anilines is 1. The first-order valence-electron chi connectivity index (χ1n) is 15.4. The van der Waals surface area contributed by atoms with Crippen molar-refractivity contribution in [3.63, 3.8) is 0 Å². The van der Waals surface area contributed by atoms with Crippen molar-refractivity contribution in [1.82, 2.24) is 14.8 Å². The molecule has 3 amide bonds. The number of carbonyl (C=O) groups is 3. The number of amides is 3. The lowest BCUT2D eigenvalue weighted by molar-refractivity contribution is -0.274. The standard InChI is InChI=1S/C33H31F5N4O8/c1-47-16-26(31(45)41-13-21-10-18(41)15-49-21)40-9-3-4-25(30(40)44)42-14-22(27-23(34)11-20(48-2)12-24(27)35)28(32(42)46)39-29(43)17-5-7-19(8-6-17)50-33(36,37)38/h3-9,11-12,18,21-22,26,28H,10,13-16H2,1-2H3,(H,39,43)/t18-,21-,22-,26?,28-/m0/s1. The molecule has 17 heteroatoms. The molecule has 12 nitrogen and oxygen atoms in total. The summed E-state index contributed by atoms with van der Waals surface area (Å²) >= 11 is 0. The highest BCUT2D eigenvalue weighted by molar-refractivity contribution is 6.05. The third kappa shape index (κ3) is 6.74. The van der Waals surface area contributed by atoms with Crippen molar-refractivity contribution in [1.29, 1.82) is 0 Å². The molecule has 2 bridgehead atoms. The average Bonchev–Trinajstić information content (AvgIpc) is 3.79. The van der Waals surface area contributed by atoms with Gasteiger partial charge in [-0.1, -0.05) is 0 Å². The van der Waals surface area contributed by atoms with E-state index in [2.05, 4.69) is 10.1 Å². The summed E-state index contributed by atoms with van der Waals surface area (Å²) in [6, 6.07) is 5.41. The van der Waals surface area contributed by atoms with E-state index in [9.17, 15) is 32.3 Å². The molecule has 1 N–H and O–H groups in total. The van der Waals surface area contributed by atoms with Crippen molar-refractivity contribution in [2.75, 3.05) is 45.4 Å². The normalized spacial score (nSPS) is 22.2. The predicted molar refractivity (Wildman–Crippen MR) is 164 cm³/mol. The van der Waals surface area contributed by atoms with Crippen molar-refractivity contribution >= 4 is 23.4 Å². The van der Waals surface area contributed by atoms with Crippen LogP contribution in [0.5, 0.6) is 11.5 Å². The number of benzene rings is 2. The minimum atomic E-state index is -4.97. The number of carbonyl (C=O) groups excluding carboxylic acids is 3. The van der Waals surface area contributed by atoms with Gasteiger partial charge in [0.1, 0.15) is 40.9 Å². The number of ether oxygens (including phenoxy) is 4. The van der Waals surface area contributed by atoms with Crippen molar-refractivity contribution in [3.8, 4) is 11.5 Å². The molecular formula is C33H31F5N4O8. The zero-order valence-corrected chi connectivity index (χ0v) is 26.6. The Balaban J connectivity index is 1.34. The molecule has 3 fully saturated rings. The Morgan fingerprint density at radius 2 is 1.72 bits per heavy atom. The second-order valence-electron chi connectivity index (χ2n) is 12.0. The van der Waals surface area contributed by atoms with Gasteiger partial charge in [0.15, 0.2) is 0 Å². The summed E-state index contributed by atoms with van der Waals surface area (Å²) in [6.45, 7) is 0.0631. The minimum absolute atomic E-state index is 0.105. The lowest BCUT2D eigenvalue weighted by Crippen LogP contribution is -2.48. The van der Waals surface area contributed by atoms with Gasteiger partial charge in [-0.3, -0.25) is 23.7 Å². The molecule has 2 aromatic carbocycles.